The molecule has 3 aromatic carbocycles. The Labute approximate surface area is 237 Å². The summed E-state index contributed by atoms with van der Waals surface area (Å²) >= 11 is 0. The van der Waals surface area contributed by atoms with Crippen molar-refractivity contribution in [2.75, 3.05) is 7.05 Å². The molecular formula is C32H39N2O5P. The lowest BCUT2D eigenvalue weighted by Gasteiger charge is -2.36. The Morgan fingerprint density at radius 2 is 1.35 bits per heavy atom. The van der Waals surface area contributed by atoms with Gasteiger partial charge in [-0.25, -0.2) is 9.46 Å². The number of aliphatic carboxylic acids is 1. The number of carbonyl (C=O) groups excluding carboxylic acids is 1. The summed E-state index contributed by atoms with van der Waals surface area (Å²) in [5.74, 6) is -1.42. The minimum atomic E-state index is -3.86. The summed E-state index contributed by atoms with van der Waals surface area (Å²) in [6.07, 6.45) is 0.0622. The zero-order chi connectivity index (χ0) is 29.0. The van der Waals surface area contributed by atoms with Gasteiger partial charge in [-0.1, -0.05) is 94.4 Å². The second-order valence-electron chi connectivity index (χ2n) is 11.3. The number of amides is 1. The van der Waals surface area contributed by atoms with Gasteiger partial charge in [-0.3, -0.25) is 9.36 Å². The number of fused-ring (bicyclic) bond motifs is 3. The van der Waals surface area contributed by atoms with Gasteiger partial charge in [0.2, 0.25) is 5.91 Å². The van der Waals surface area contributed by atoms with Crippen molar-refractivity contribution in [2.24, 2.45) is 11.8 Å². The molecule has 2 N–H and O–H groups in total. The number of carbonyl (C=O) groups is 2. The van der Waals surface area contributed by atoms with Crippen molar-refractivity contribution >= 4 is 24.7 Å². The van der Waals surface area contributed by atoms with E-state index < -0.39 is 37.6 Å². The number of hydrogen-bond donors (Lipinski definition) is 2. The normalized spacial score (nSPS) is 15.9. The average molecular weight is 563 g/mol. The van der Waals surface area contributed by atoms with Crippen LogP contribution in [-0.2, 0) is 18.7 Å². The molecule has 0 bridgehead atoms. The van der Waals surface area contributed by atoms with Gasteiger partial charge in [-0.2, -0.15) is 0 Å². The second-order valence-corrected chi connectivity index (χ2v) is 13.7. The lowest BCUT2D eigenvalue weighted by atomic mass is 10.0. The minimum absolute atomic E-state index is 0.0729. The van der Waals surface area contributed by atoms with Gasteiger partial charge in [0, 0.05) is 0 Å². The van der Waals surface area contributed by atoms with Gasteiger partial charge in [-0.15, -0.1) is 0 Å². The first kappa shape index (κ1) is 29.7. The lowest BCUT2D eigenvalue weighted by Crippen LogP contribution is -2.51. The van der Waals surface area contributed by atoms with Crippen molar-refractivity contribution in [3.63, 3.8) is 0 Å². The second kappa shape index (κ2) is 12.5. The Bertz CT molecular complexity index is 1350. The number of carboxylic acid groups (broad SMARTS) is 1. The Kier molecular flexibility index (Phi) is 9.29. The quantitative estimate of drug-likeness (QED) is 0.253. The van der Waals surface area contributed by atoms with E-state index in [4.69, 9.17) is 4.52 Å². The Morgan fingerprint density at radius 3 is 1.85 bits per heavy atom. The largest absolute Gasteiger partial charge is 0.480 e. The van der Waals surface area contributed by atoms with Crippen LogP contribution in [-0.4, -0.2) is 40.8 Å². The highest BCUT2D eigenvalue weighted by Gasteiger charge is 2.44. The van der Waals surface area contributed by atoms with E-state index in [-0.39, 0.29) is 11.8 Å². The lowest BCUT2D eigenvalue weighted by molar-refractivity contribution is -0.143. The van der Waals surface area contributed by atoms with Crippen LogP contribution in [0, 0.1) is 11.8 Å². The number of benzene rings is 3. The maximum Gasteiger partial charge on any atom is 0.326 e. The van der Waals surface area contributed by atoms with Crippen LogP contribution in [0.15, 0.2) is 78.9 Å². The maximum absolute atomic E-state index is 15.2. The number of rotatable bonds is 12. The first-order chi connectivity index (χ1) is 19.0. The molecule has 0 aliphatic heterocycles. The van der Waals surface area contributed by atoms with Crippen molar-refractivity contribution in [3.05, 3.63) is 90.0 Å². The Morgan fingerprint density at radius 1 is 0.850 bits per heavy atom. The summed E-state index contributed by atoms with van der Waals surface area (Å²) < 4.78 is 23.5. The number of hydrogen-bond acceptors (Lipinski definition) is 4. The molecule has 0 heterocycles. The molecule has 4 rings (SSSR count). The van der Waals surface area contributed by atoms with Gasteiger partial charge in [0.15, 0.2) is 0 Å². The smallest absolute Gasteiger partial charge is 0.326 e. The van der Waals surface area contributed by atoms with Gasteiger partial charge >= 0.3 is 13.5 Å². The van der Waals surface area contributed by atoms with E-state index in [2.05, 4.69) is 5.32 Å². The van der Waals surface area contributed by atoms with Crippen LogP contribution in [0.2, 0.25) is 0 Å². The molecule has 3 atom stereocenters. The molecule has 212 valence electrons. The van der Waals surface area contributed by atoms with Crippen molar-refractivity contribution in [2.45, 2.75) is 58.7 Å². The van der Waals surface area contributed by atoms with Crippen LogP contribution in [0.25, 0.3) is 11.1 Å². The van der Waals surface area contributed by atoms with Gasteiger partial charge in [-0.05, 0) is 66.1 Å². The van der Waals surface area contributed by atoms with Gasteiger partial charge < -0.3 is 14.9 Å². The van der Waals surface area contributed by atoms with E-state index in [1.165, 1.54) is 4.67 Å². The van der Waals surface area contributed by atoms with Crippen LogP contribution >= 0.6 is 7.52 Å². The number of nitrogens with zero attached hydrogens (tertiary/aromatic N) is 1. The van der Waals surface area contributed by atoms with E-state index in [0.29, 0.717) is 18.1 Å². The van der Waals surface area contributed by atoms with Crippen molar-refractivity contribution in [3.8, 4) is 11.1 Å². The van der Waals surface area contributed by atoms with Crippen LogP contribution < -0.4 is 10.6 Å². The zero-order valence-electron chi connectivity index (χ0n) is 23.8. The SMILES string of the molecule is CC(C)C[C@H](C(=O)N[C@H](CC(C)C)C(=O)O)N(C)[P@@](=O)(OC1c2ccccc2-c2ccccc21)c1ccccc1. The van der Waals surface area contributed by atoms with Crippen molar-refractivity contribution < 1.29 is 23.8 Å². The Hall–Kier alpha value is -3.25. The standard InChI is InChI=1S/C32H39N2O5P/c1-21(2)19-28(32(36)37)33-31(35)29(20-22(3)4)34(5)40(38,23-13-7-6-8-14-23)39-30-26-17-11-9-15-24(26)25-16-10-12-18-27(25)30/h6-18,21-22,28-30H,19-20H2,1-5H3,(H,33,35)(H,36,37)/t28-,29-,40+/m1/s1. The molecule has 1 aliphatic carbocycles. The third-order valence-electron chi connectivity index (χ3n) is 7.29. The van der Waals surface area contributed by atoms with E-state index in [1.807, 2.05) is 82.3 Å². The van der Waals surface area contributed by atoms with E-state index in [1.54, 1.807) is 31.3 Å². The monoisotopic (exact) mass is 562 g/mol. The van der Waals surface area contributed by atoms with Crippen molar-refractivity contribution in [1.29, 1.82) is 0 Å². The summed E-state index contributed by atoms with van der Waals surface area (Å²) in [5.41, 5.74) is 3.89. The first-order valence-electron chi connectivity index (χ1n) is 13.8. The van der Waals surface area contributed by atoms with Crippen molar-refractivity contribution in [1.82, 2.24) is 9.99 Å². The van der Waals surface area contributed by atoms with Gasteiger partial charge in [0.1, 0.15) is 12.1 Å². The molecule has 0 saturated heterocycles. The number of carboxylic acids is 1. The molecule has 1 amide bonds. The molecule has 0 fully saturated rings. The predicted molar refractivity (Wildman–Crippen MR) is 159 cm³/mol. The summed E-state index contributed by atoms with van der Waals surface area (Å²) in [7, 11) is -2.21. The average Bonchev–Trinajstić information content (AvgIpc) is 3.24. The summed E-state index contributed by atoms with van der Waals surface area (Å²) in [4.78, 5) is 25.7. The molecule has 40 heavy (non-hydrogen) atoms. The fraction of sp³-hybridized carbons (Fsp3) is 0.375. The fourth-order valence-electron chi connectivity index (χ4n) is 5.32. The molecular weight excluding hydrogens is 523 g/mol. The molecule has 0 radical (unpaired) electrons. The summed E-state index contributed by atoms with van der Waals surface area (Å²) in [6, 6.07) is 22.9. The first-order valence-corrected chi connectivity index (χ1v) is 15.4. The van der Waals surface area contributed by atoms with E-state index in [9.17, 15) is 14.7 Å². The summed E-state index contributed by atoms with van der Waals surface area (Å²) in [5, 5.41) is 13.0. The molecule has 7 nitrogen and oxygen atoms in total. The van der Waals surface area contributed by atoms with Crippen LogP contribution in [0.1, 0.15) is 57.8 Å². The molecule has 8 heteroatoms. The highest BCUT2D eigenvalue weighted by molar-refractivity contribution is 7.64. The molecule has 0 spiro atoms. The highest BCUT2D eigenvalue weighted by atomic mass is 31.2. The highest BCUT2D eigenvalue weighted by Crippen LogP contribution is 2.58. The number of nitrogens with one attached hydrogen (secondary N) is 1. The molecule has 3 aromatic rings. The van der Waals surface area contributed by atoms with Crippen LogP contribution in [0.4, 0.5) is 0 Å². The van der Waals surface area contributed by atoms with Gasteiger partial charge in [0.25, 0.3) is 0 Å². The molecule has 1 aliphatic rings. The van der Waals surface area contributed by atoms with Gasteiger partial charge in [0.05, 0.1) is 11.3 Å². The maximum atomic E-state index is 15.2. The Balaban J connectivity index is 1.76. The summed E-state index contributed by atoms with van der Waals surface area (Å²) in [6.45, 7) is 7.78. The molecule has 0 unspecified atom stereocenters. The van der Waals surface area contributed by atoms with E-state index in [0.717, 1.165) is 22.3 Å². The third-order valence-corrected chi connectivity index (χ3v) is 9.85. The van der Waals surface area contributed by atoms with Crippen LogP contribution in [0.5, 0.6) is 0 Å². The third kappa shape index (κ3) is 6.22. The minimum Gasteiger partial charge on any atom is -0.480 e. The van der Waals surface area contributed by atoms with Crippen LogP contribution in [0.3, 0.4) is 0 Å². The molecule has 0 saturated carbocycles. The zero-order valence-corrected chi connectivity index (χ0v) is 24.7. The van der Waals surface area contributed by atoms with E-state index >= 15 is 4.57 Å². The molecule has 0 aromatic heterocycles. The topological polar surface area (TPSA) is 95.9 Å². The predicted octanol–water partition coefficient (Wildman–Crippen LogP) is 6.25. The fourth-order valence-corrected chi connectivity index (χ4v) is 7.58. The number of likely N-dealkylation sites (N-methyl/N-ethyl adjacent to an activating group) is 1.